The fourth-order valence-corrected chi connectivity index (χ4v) is 4.29. The van der Waals surface area contributed by atoms with Gasteiger partial charge in [0.2, 0.25) is 0 Å². The van der Waals surface area contributed by atoms with Crippen molar-refractivity contribution < 1.29 is 4.79 Å². The minimum Gasteiger partial charge on any atom is -0.337 e. The van der Waals surface area contributed by atoms with Crippen LogP contribution >= 0.6 is 0 Å². The zero-order chi connectivity index (χ0) is 21.3. The first-order valence-corrected chi connectivity index (χ1v) is 10.9. The number of aromatic nitrogens is 4. The van der Waals surface area contributed by atoms with Gasteiger partial charge >= 0.3 is 0 Å². The average Bonchev–Trinajstić information content (AvgIpc) is 3.26. The van der Waals surface area contributed by atoms with Crippen LogP contribution in [0.4, 0.5) is 0 Å². The van der Waals surface area contributed by atoms with Crippen molar-refractivity contribution in [1.82, 2.24) is 29.4 Å². The first-order chi connectivity index (χ1) is 14.4. The number of hydrogen-bond acceptors (Lipinski definition) is 4. The summed E-state index contributed by atoms with van der Waals surface area (Å²) in [6.07, 6.45) is 5.36. The third-order valence-electron chi connectivity index (χ3n) is 5.96. The topological polar surface area (TPSA) is 67.5 Å². The van der Waals surface area contributed by atoms with Crippen molar-refractivity contribution in [1.29, 1.82) is 0 Å². The number of aryl methyl sites for hydroxylation is 3. The molecule has 3 aromatic heterocycles. The highest BCUT2D eigenvalue weighted by atomic mass is 16.2. The molecule has 1 N–H and O–H groups in total. The van der Waals surface area contributed by atoms with Crippen LogP contribution in [0.25, 0.3) is 5.65 Å². The Kier molecular flexibility index (Phi) is 5.90. The number of carbonyl (C=O) groups is 1. The van der Waals surface area contributed by atoms with E-state index in [1.165, 1.54) is 6.42 Å². The molecule has 1 fully saturated rings. The molecule has 1 aliphatic rings. The van der Waals surface area contributed by atoms with E-state index >= 15 is 0 Å². The molecule has 1 aliphatic heterocycles. The van der Waals surface area contributed by atoms with Gasteiger partial charge in [0.05, 0.1) is 17.9 Å². The molecule has 0 bridgehead atoms. The molecule has 0 spiro atoms. The van der Waals surface area contributed by atoms with Crippen molar-refractivity contribution >= 4 is 11.6 Å². The fraction of sp³-hybridized carbons (Fsp3) is 0.522. The molecule has 1 unspecified atom stereocenters. The highest BCUT2D eigenvalue weighted by molar-refractivity contribution is 5.94. The van der Waals surface area contributed by atoms with Crippen LogP contribution in [-0.4, -0.2) is 49.1 Å². The molecule has 1 atom stereocenters. The highest BCUT2D eigenvalue weighted by Gasteiger charge is 2.25. The molecule has 160 valence electrons. The normalized spacial score (nSPS) is 15.7. The number of piperidine rings is 1. The van der Waals surface area contributed by atoms with E-state index in [9.17, 15) is 4.79 Å². The molecule has 0 saturated carbocycles. The number of pyridine rings is 1. The molecular formula is C23H32N6O. The van der Waals surface area contributed by atoms with Gasteiger partial charge in [-0.05, 0) is 64.7 Å². The van der Waals surface area contributed by atoms with Crippen LogP contribution in [0.2, 0.25) is 0 Å². The summed E-state index contributed by atoms with van der Waals surface area (Å²) < 4.78 is 4.10. The van der Waals surface area contributed by atoms with Gasteiger partial charge in [-0.2, -0.15) is 5.10 Å². The summed E-state index contributed by atoms with van der Waals surface area (Å²) in [6.45, 7) is 11.3. The number of nitrogens with one attached hydrogen (secondary N) is 1. The third kappa shape index (κ3) is 4.12. The molecule has 0 aromatic carbocycles. The summed E-state index contributed by atoms with van der Waals surface area (Å²) in [5.74, 6) is 0.0563. The highest BCUT2D eigenvalue weighted by Crippen LogP contribution is 2.20. The minimum atomic E-state index is 0.0563. The van der Waals surface area contributed by atoms with Gasteiger partial charge in [-0.3, -0.25) is 9.48 Å². The molecule has 0 aliphatic carbocycles. The molecule has 7 nitrogen and oxygen atoms in total. The average molecular weight is 409 g/mol. The van der Waals surface area contributed by atoms with Crippen LogP contribution in [0.5, 0.6) is 0 Å². The maximum absolute atomic E-state index is 13.3. The first-order valence-electron chi connectivity index (χ1n) is 10.9. The maximum atomic E-state index is 13.3. The Morgan fingerprint density at radius 2 is 1.97 bits per heavy atom. The van der Waals surface area contributed by atoms with Gasteiger partial charge in [-0.1, -0.05) is 6.07 Å². The van der Waals surface area contributed by atoms with Crippen LogP contribution in [-0.2, 0) is 13.1 Å². The number of hydrogen-bond donors (Lipinski definition) is 1. The summed E-state index contributed by atoms with van der Waals surface area (Å²) in [6, 6.07) is 6.36. The lowest BCUT2D eigenvalue weighted by atomic mass is 10.1. The number of imidazole rings is 1. The van der Waals surface area contributed by atoms with Gasteiger partial charge in [0.25, 0.3) is 5.91 Å². The van der Waals surface area contributed by atoms with Crippen LogP contribution in [0.1, 0.15) is 59.3 Å². The van der Waals surface area contributed by atoms with E-state index in [2.05, 4.69) is 34.7 Å². The van der Waals surface area contributed by atoms with Crippen molar-refractivity contribution in [3.8, 4) is 0 Å². The lowest BCUT2D eigenvalue weighted by Crippen LogP contribution is -2.37. The number of nitrogens with zero attached hydrogens (tertiary/aromatic N) is 5. The van der Waals surface area contributed by atoms with Crippen molar-refractivity contribution in [2.75, 3.05) is 13.1 Å². The molecule has 7 heteroatoms. The molecule has 4 rings (SSSR count). The van der Waals surface area contributed by atoms with Crippen LogP contribution in [0, 0.1) is 20.8 Å². The molecule has 3 aromatic rings. The van der Waals surface area contributed by atoms with Crippen molar-refractivity contribution in [3.05, 3.63) is 52.7 Å². The lowest BCUT2D eigenvalue weighted by Gasteiger charge is -2.26. The lowest BCUT2D eigenvalue weighted by molar-refractivity contribution is 0.0717. The maximum Gasteiger partial charge on any atom is 0.274 e. The van der Waals surface area contributed by atoms with Gasteiger partial charge in [-0.15, -0.1) is 0 Å². The second kappa shape index (κ2) is 8.60. The second-order valence-corrected chi connectivity index (χ2v) is 8.54. The third-order valence-corrected chi connectivity index (χ3v) is 5.96. The number of carbonyl (C=O) groups excluding carboxylic acids is 1. The quantitative estimate of drug-likeness (QED) is 0.680. The predicted molar refractivity (Wildman–Crippen MR) is 118 cm³/mol. The summed E-state index contributed by atoms with van der Waals surface area (Å²) in [7, 11) is 0. The number of rotatable bonds is 6. The van der Waals surface area contributed by atoms with E-state index in [-0.39, 0.29) is 11.9 Å². The largest absolute Gasteiger partial charge is 0.337 e. The SMILES string of the molecule is Cc1cc(C)n(CC(C)NCc2c(C(=O)N3CCCCC3)nc3c(C)cccn23)n1. The first kappa shape index (κ1) is 20.6. The van der Waals surface area contributed by atoms with Gasteiger partial charge in [-0.25, -0.2) is 4.98 Å². The Morgan fingerprint density at radius 1 is 1.20 bits per heavy atom. The van der Waals surface area contributed by atoms with Gasteiger partial charge < -0.3 is 14.6 Å². The fourth-order valence-electron chi connectivity index (χ4n) is 4.29. The second-order valence-electron chi connectivity index (χ2n) is 8.54. The zero-order valence-corrected chi connectivity index (χ0v) is 18.5. The number of fused-ring (bicyclic) bond motifs is 1. The van der Waals surface area contributed by atoms with Crippen molar-refractivity contribution in [2.24, 2.45) is 0 Å². The van der Waals surface area contributed by atoms with E-state index in [4.69, 9.17) is 4.98 Å². The Hall–Kier alpha value is -2.67. The minimum absolute atomic E-state index is 0.0563. The summed E-state index contributed by atoms with van der Waals surface area (Å²) in [4.78, 5) is 20.0. The van der Waals surface area contributed by atoms with Crippen molar-refractivity contribution in [2.45, 2.75) is 66.1 Å². The standard InChI is InChI=1S/C23H32N6O/c1-16-9-8-12-28-20(14-24-18(3)15-29-19(4)13-17(2)26-29)21(25-22(16)28)23(30)27-10-6-5-7-11-27/h8-9,12-13,18,24H,5-7,10-11,14-15H2,1-4H3. The Morgan fingerprint density at radius 3 is 2.67 bits per heavy atom. The Labute approximate surface area is 178 Å². The molecule has 4 heterocycles. The smallest absolute Gasteiger partial charge is 0.274 e. The van der Waals surface area contributed by atoms with Gasteiger partial charge in [0, 0.05) is 37.6 Å². The number of amides is 1. The van der Waals surface area contributed by atoms with Crippen LogP contribution < -0.4 is 5.32 Å². The summed E-state index contributed by atoms with van der Waals surface area (Å²) in [5.41, 5.74) is 5.65. The molecule has 0 radical (unpaired) electrons. The summed E-state index contributed by atoms with van der Waals surface area (Å²) in [5, 5.41) is 8.15. The zero-order valence-electron chi connectivity index (χ0n) is 18.5. The predicted octanol–water partition coefficient (Wildman–Crippen LogP) is 3.26. The van der Waals surface area contributed by atoms with Crippen molar-refractivity contribution in [3.63, 3.8) is 0 Å². The Bertz CT molecular complexity index is 1040. The Balaban J connectivity index is 1.57. The molecule has 1 amide bonds. The number of likely N-dealkylation sites (tertiary alicyclic amines) is 1. The van der Waals surface area contributed by atoms with Crippen LogP contribution in [0.15, 0.2) is 24.4 Å². The molecular weight excluding hydrogens is 376 g/mol. The van der Waals surface area contributed by atoms with Gasteiger partial charge in [0.15, 0.2) is 5.69 Å². The van der Waals surface area contributed by atoms with Gasteiger partial charge in [0.1, 0.15) is 5.65 Å². The van der Waals surface area contributed by atoms with E-state index in [1.54, 1.807) is 0 Å². The molecule has 1 saturated heterocycles. The van der Waals surface area contributed by atoms with E-state index in [0.717, 1.165) is 60.8 Å². The van der Waals surface area contributed by atoms with Crippen LogP contribution in [0.3, 0.4) is 0 Å². The summed E-state index contributed by atoms with van der Waals surface area (Å²) >= 11 is 0. The molecule has 30 heavy (non-hydrogen) atoms. The van der Waals surface area contributed by atoms with E-state index in [1.807, 2.05) is 41.8 Å². The van der Waals surface area contributed by atoms with E-state index < -0.39 is 0 Å². The van der Waals surface area contributed by atoms with E-state index in [0.29, 0.717) is 12.2 Å². The monoisotopic (exact) mass is 408 g/mol.